The number of Topliss-reactive ketones (excluding diaryl/α,β-unsaturated/α-hetero) is 1. The molecule has 0 aliphatic carbocycles. The van der Waals surface area contributed by atoms with Crippen LogP contribution in [0.2, 0.25) is 0 Å². The number of benzene rings is 1. The number of ketones is 1. The van der Waals surface area contributed by atoms with Gasteiger partial charge in [0, 0.05) is 18.8 Å². The molecule has 1 aromatic rings. The first-order chi connectivity index (χ1) is 16.1. The monoisotopic (exact) mass is 477 g/mol. The van der Waals surface area contributed by atoms with Crippen LogP contribution in [-0.4, -0.2) is 72.7 Å². The summed E-state index contributed by atoms with van der Waals surface area (Å²) < 4.78 is 0. The quantitative estimate of drug-likeness (QED) is 0.168. The van der Waals surface area contributed by atoms with Crippen LogP contribution in [0.25, 0.3) is 0 Å². The summed E-state index contributed by atoms with van der Waals surface area (Å²) in [6.07, 6.45) is 0.152. The van der Waals surface area contributed by atoms with Crippen molar-refractivity contribution in [3.63, 3.8) is 0 Å². The number of carbonyl (C=O) groups excluding carboxylic acids is 5. The summed E-state index contributed by atoms with van der Waals surface area (Å²) in [6, 6.07) is 7.87. The van der Waals surface area contributed by atoms with E-state index in [4.69, 9.17) is 10.8 Å². The van der Waals surface area contributed by atoms with E-state index in [1.807, 2.05) is 0 Å². The van der Waals surface area contributed by atoms with Crippen LogP contribution in [0, 0.1) is 5.92 Å². The third-order valence-corrected chi connectivity index (χ3v) is 4.79. The van der Waals surface area contributed by atoms with Crippen LogP contribution in [0.15, 0.2) is 30.3 Å². The molecule has 7 N–H and O–H groups in total. The lowest BCUT2D eigenvalue weighted by atomic mass is 10.0. The Kier molecular flexibility index (Phi) is 12.5. The van der Waals surface area contributed by atoms with Gasteiger partial charge in [-0.25, -0.2) is 0 Å². The molecule has 34 heavy (non-hydrogen) atoms. The largest absolute Gasteiger partial charge is 0.481 e. The number of nitrogens with one attached hydrogen (secondary N) is 4. The van der Waals surface area contributed by atoms with Crippen LogP contribution in [-0.2, 0) is 35.2 Å². The summed E-state index contributed by atoms with van der Waals surface area (Å²) in [5.74, 6) is -4.24. The molecule has 1 aromatic carbocycles. The van der Waals surface area contributed by atoms with Gasteiger partial charge in [0.15, 0.2) is 5.78 Å². The Morgan fingerprint density at radius 2 is 1.50 bits per heavy atom. The van der Waals surface area contributed by atoms with Crippen molar-refractivity contribution in [1.29, 1.82) is 0 Å². The average molecular weight is 478 g/mol. The number of aliphatic carboxylic acids is 1. The molecule has 186 valence electrons. The van der Waals surface area contributed by atoms with Crippen LogP contribution in [0.5, 0.6) is 0 Å². The van der Waals surface area contributed by atoms with E-state index >= 15 is 0 Å². The minimum absolute atomic E-state index is 0.143. The van der Waals surface area contributed by atoms with E-state index in [0.717, 1.165) is 5.56 Å². The highest BCUT2D eigenvalue weighted by molar-refractivity contribution is 5.93. The van der Waals surface area contributed by atoms with Crippen LogP contribution in [0.1, 0.15) is 25.3 Å². The molecule has 0 fully saturated rings. The Labute approximate surface area is 197 Å². The van der Waals surface area contributed by atoms with Gasteiger partial charge < -0.3 is 32.1 Å². The number of hydrogen-bond donors (Lipinski definition) is 6. The number of nitrogens with two attached hydrogens (primary N) is 1. The Bertz CT molecular complexity index is 876. The number of carboxylic acid groups (broad SMARTS) is 1. The van der Waals surface area contributed by atoms with Crippen molar-refractivity contribution >= 4 is 35.4 Å². The normalized spacial score (nSPS) is 12.1. The van der Waals surface area contributed by atoms with E-state index in [-0.39, 0.29) is 44.7 Å². The first-order valence-corrected chi connectivity index (χ1v) is 10.7. The molecule has 0 aromatic heterocycles. The molecule has 0 unspecified atom stereocenters. The van der Waals surface area contributed by atoms with Crippen LogP contribution in [0.4, 0.5) is 0 Å². The van der Waals surface area contributed by atoms with E-state index in [9.17, 15) is 28.8 Å². The molecule has 0 aliphatic rings. The van der Waals surface area contributed by atoms with Gasteiger partial charge >= 0.3 is 5.97 Å². The van der Waals surface area contributed by atoms with Gasteiger partial charge in [0.05, 0.1) is 26.2 Å². The van der Waals surface area contributed by atoms with Gasteiger partial charge in [-0.2, -0.15) is 0 Å². The summed E-state index contributed by atoms with van der Waals surface area (Å²) in [5.41, 5.74) is 5.94. The Morgan fingerprint density at radius 1 is 0.882 bits per heavy atom. The van der Waals surface area contributed by atoms with Gasteiger partial charge in [0.25, 0.3) is 0 Å². The SMILES string of the molecule is C[C@H](CCC(=O)O)C(=O)CNC(=O)CNC(=O)[C@H](Cc1ccccc1)NC(=O)CNC(=O)CN. The predicted molar refractivity (Wildman–Crippen MR) is 121 cm³/mol. The van der Waals surface area contributed by atoms with Crippen LogP contribution >= 0.6 is 0 Å². The lowest BCUT2D eigenvalue weighted by Gasteiger charge is -2.19. The maximum atomic E-state index is 12.6. The highest BCUT2D eigenvalue weighted by atomic mass is 16.4. The van der Waals surface area contributed by atoms with Gasteiger partial charge in [-0.05, 0) is 12.0 Å². The first-order valence-electron chi connectivity index (χ1n) is 10.7. The fourth-order valence-electron chi connectivity index (χ4n) is 2.77. The van der Waals surface area contributed by atoms with E-state index in [1.165, 1.54) is 0 Å². The zero-order chi connectivity index (χ0) is 25.5. The fourth-order valence-corrected chi connectivity index (χ4v) is 2.77. The standard InChI is InChI=1S/C22H31N5O7/c1-14(7-8-21(32)33)17(28)11-24-19(30)12-26-22(34)16(9-15-5-3-2-4-6-15)27-20(31)13-25-18(29)10-23/h2-6,14,16H,7-13,23H2,1H3,(H,24,30)(H,25,29)(H,26,34)(H,27,31)(H,32,33)/t14-,16+/m1/s1. The number of hydrogen-bond acceptors (Lipinski definition) is 7. The fraction of sp³-hybridized carbons (Fsp3) is 0.455. The summed E-state index contributed by atoms with van der Waals surface area (Å²) in [7, 11) is 0. The Morgan fingerprint density at radius 3 is 2.12 bits per heavy atom. The van der Waals surface area contributed by atoms with Crippen molar-refractivity contribution in [3.05, 3.63) is 35.9 Å². The zero-order valence-corrected chi connectivity index (χ0v) is 19.0. The molecule has 12 nitrogen and oxygen atoms in total. The molecule has 0 spiro atoms. The second-order valence-corrected chi connectivity index (χ2v) is 7.58. The molecule has 0 radical (unpaired) electrons. The third kappa shape index (κ3) is 11.7. The topological polar surface area (TPSA) is 197 Å². The van der Waals surface area contributed by atoms with Crippen molar-refractivity contribution in [2.24, 2.45) is 11.7 Å². The van der Waals surface area contributed by atoms with Gasteiger partial charge in [-0.1, -0.05) is 37.3 Å². The van der Waals surface area contributed by atoms with E-state index in [1.54, 1.807) is 37.3 Å². The number of rotatable bonds is 15. The number of carboxylic acids is 1. The average Bonchev–Trinajstić information content (AvgIpc) is 2.82. The minimum atomic E-state index is -1.02. The lowest BCUT2D eigenvalue weighted by Crippen LogP contribution is -2.52. The van der Waals surface area contributed by atoms with E-state index in [0.29, 0.717) is 0 Å². The minimum Gasteiger partial charge on any atom is -0.481 e. The maximum Gasteiger partial charge on any atom is 0.303 e. The third-order valence-electron chi connectivity index (χ3n) is 4.79. The van der Waals surface area contributed by atoms with Crippen molar-refractivity contribution < 1.29 is 33.9 Å². The Balaban J connectivity index is 2.59. The molecule has 0 saturated carbocycles. The van der Waals surface area contributed by atoms with Crippen LogP contribution < -0.4 is 27.0 Å². The molecule has 0 aliphatic heterocycles. The molecule has 1 rings (SSSR count). The van der Waals surface area contributed by atoms with Gasteiger partial charge in [0.2, 0.25) is 23.6 Å². The Hall–Kier alpha value is -3.80. The van der Waals surface area contributed by atoms with Crippen molar-refractivity contribution in [2.45, 2.75) is 32.2 Å². The molecule has 0 heterocycles. The second kappa shape index (κ2) is 15.1. The molecule has 2 atom stereocenters. The van der Waals surface area contributed by atoms with Crippen molar-refractivity contribution in [2.75, 3.05) is 26.2 Å². The van der Waals surface area contributed by atoms with Gasteiger partial charge in [-0.15, -0.1) is 0 Å². The summed E-state index contributed by atoms with van der Waals surface area (Å²) in [4.78, 5) is 70.6. The zero-order valence-electron chi connectivity index (χ0n) is 19.0. The van der Waals surface area contributed by atoms with E-state index in [2.05, 4.69) is 21.3 Å². The van der Waals surface area contributed by atoms with Gasteiger partial charge in [-0.3, -0.25) is 28.8 Å². The molecule has 0 saturated heterocycles. The molecular weight excluding hydrogens is 446 g/mol. The molecular formula is C22H31N5O7. The van der Waals surface area contributed by atoms with Gasteiger partial charge in [0.1, 0.15) is 6.04 Å². The second-order valence-electron chi connectivity index (χ2n) is 7.58. The molecule has 12 heteroatoms. The van der Waals surface area contributed by atoms with Crippen molar-refractivity contribution in [3.8, 4) is 0 Å². The van der Waals surface area contributed by atoms with Crippen molar-refractivity contribution in [1.82, 2.24) is 21.3 Å². The lowest BCUT2D eigenvalue weighted by molar-refractivity contribution is -0.137. The summed E-state index contributed by atoms with van der Waals surface area (Å²) >= 11 is 0. The highest BCUT2D eigenvalue weighted by Gasteiger charge is 2.22. The smallest absolute Gasteiger partial charge is 0.303 e. The summed E-state index contributed by atoms with van der Waals surface area (Å²) in [5, 5.41) is 18.3. The number of amides is 4. The highest BCUT2D eigenvalue weighted by Crippen LogP contribution is 2.06. The maximum absolute atomic E-state index is 12.6. The summed E-state index contributed by atoms with van der Waals surface area (Å²) in [6.45, 7) is 0.210. The predicted octanol–water partition coefficient (Wildman–Crippen LogP) is -1.91. The number of carbonyl (C=O) groups is 6. The van der Waals surface area contributed by atoms with E-state index < -0.39 is 48.1 Å². The molecule has 4 amide bonds. The van der Waals surface area contributed by atoms with Crippen LogP contribution in [0.3, 0.4) is 0 Å². The molecule has 0 bridgehead atoms. The first kappa shape index (κ1) is 28.2.